The predicted molar refractivity (Wildman–Crippen MR) is 87.7 cm³/mol. The van der Waals surface area contributed by atoms with Crippen molar-refractivity contribution >= 4 is 5.82 Å². The molecule has 0 saturated carbocycles. The van der Waals surface area contributed by atoms with Gasteiger partial charge in [-0.1, -0.05) is 0 Å². The molecule has 6 heteroatoms. The number of aromatic nitrogens is 2. The minimum atomic E-state index is -0.666. The van der Waals surface area contributed by atoms with E-state index in [1.807, 2.05) is 0 Å². The van der Waals surface area contributed by atoms with E-state index >= 15 is 0 Å². The zero-order valence-electron chi connectivity index (χ0n) is 13.9. The van der Waals surface area contributed by atoms with E-state index in [4.69, 9.17) is 4.74 Å². The maximum absolute atomic E-state index is 10.4. The number of aryl methyl sites for hydroxylation is 2. The maximum atomic E-state index is 10.4. The number of nitrogens with zero attached hydrogens (tertiary/aromatic N) is 4. The lowest BCUT2D eigenvalue weighted by Gasteiger charge is -2.46. The maximum Gasteiger partial charge on any atom is 0.151 e. The van der Waals surface area contributed by atoms with Gasteiger partial charge in [-0.2, -0.15) is 5.10 Å². The molecule has 0 radical (unpaired) electrons. The number of fused-ring (bicyclic) bond motifs is 1. The molecule has 2 saturated heterocycles. The van der Waals surface area contributed by atoms with Crippen LogP contribution in [0, 0.1) is 0 Å². The first-order chi connectivity index (χ1) is 11.1. The van der Waals surface area contributed by atoms with Crippen molar-refractivity contribution < 1.29 is 9.84 Å². The highest BCUT2D eigenvalue weighted by Crippen LogP contribution is 2.27. The number of likely N-dealkylation sites (N-methyl/N-ethyl adjacent to an activating group) is 1. The summed E-state index contributed by atoms with van der Waals surface area (Å²) in [6.45, 7) is 3.74. The van der Waals surface area contributed by atoms with Crippen LogP contribution in [-0.2, 0) is 17.6 Å². The van der Waals surface area contributed by atoms with Gasteiger partial charge < -0.3 is 14.7 Å². The zero-order chi connectivity index (χ0) is 15.9. The summed E-state index contributed by atoms with van der Waals surface area (Å²) in [7, 11) is 2.09. The molecule has 1 aromatic heterocycles. The lowest BCUT2D eigenvalue weighted by Crippen LogP contribution is -2.61. The van der Waals surface area contributed by atoms with Crippen molar-refractivity contribution in [3.63, 3.8) is 0 Å². The van der Waals surface area contributed by atoms with Gasteiger partial charge in [-0.05, 0) is 44.4 Å². The second-order valence-corrected chi connectivity index (χ2v) is 7.38. The third kappa shape index (κ3) is 3.07. The minimum Gasteiger partial charge on any atom is -0.386 e. The second kappa shape index (κ2) is 6.00. The van der Waals surface area contributed by atoms with E-state index in [0.29, 0.717) is 25.8 Å². The number of ether oxygens (including phenoxy) is 1. The largest absolute Gasteiger partial charge is 0.386 e. The molecule has 3 heterocycles. The van der Waals surface area contributed by atoms with Gasteiger partial charge in [-0.3, -0.25) is 4.90 Å². The fraction of sp³-hybridized carbons (Fsp3) is 0.765. The van der Waals surface area contributed by atoms with Crippen LogP contribution in [0.3, 0.4) is 0 Å². The predicted octanol–water partition coefficient (Wildman–Crippen LogP) is 0.627. The van der Waals surface area contributed by atoms with Crippen molar-refractivity contribution in [2.45, 2.75) is 43.7 Å². The summed E-state index contributed by atoms with van der Waals surface area (Å²) in [5, 5.41) is 19.3. The van der Waals surface area contributed by atoms with Crippen LogP contribution < -0.4 is 4.90 Å². The summed E-state index contributed by atoms with van der Waals surface area (Å²) < 4.78 is 5.33. The molecular formula is C17H26N4O2. The van der Waals surface area contributed by atoms with Crippen molar-refractivity contribution in [1.29, 1.82) is 0 Å². The Labute approximate surface area is 137 Å². The Morgan fingerprint density at radius 3 is 2.96 bits per heavy atom. The van der Waals surface area contributed by atoms with Gasteiger partial charge in [-0.25, -0.2) is 0 Å². The molecular weight excluding hydrogens is 292 g/mol. The first-order valence-electron chi connectivity index (χ1n) is 8.74. The number of hydrogen-bond donors (Lipinski definition) is 1. The average molecular weight is 318 g/mol. The summed E-state index contributed by atoms with van der Waals surface area (Å²) in [5.74, 6) is 1.01. The molecule has 1 atom stereocenters. The summed E-state index contributed by atoms with van der Waals surface area (Å²) in [6.07, 6.45) is 5.47. The van der Waals surface area contributed by atoms with Gasteiger partial charge in [0.15, 0.2) is 5.82 Å². The van der Waals surface area contributed by atoms with Crippen LogP contribution in [0.15, 0.2) is 6.07 Å². The molecule has 126 valence electrons. The molecule has 0 bridgehead atoms. The van der Waals surface area contributed by atoms with E-state index in [1.165, 1.54) is 24.1 Å². The van der Waals surface area contributed by atoms with Crippen LogP contribution in [0.25, 0.3) is 0 Å². The van der Waals surface area contributed by atoms with Crippen molar-refractivity contribution in [3.8, 4) is 0 Å². The highest BCUT2D eigenvalue weighted by molar-refractivity contribution is 5.45. The smallest absolute Gasteiger partial charge is 0.151 e. The number of hydrogen-bond acceptors (Lipinski definition) is 6. The van der Waals surface area contributed by atoms with E-state index in [0.717, 1.165) is 38.2 Å². The SMILES string of the molecule is CN(CC1(O)CCOC1)C1CN(c2cc3c(nn2)CCCC3)C1. The molecule has 0 aromatic carbocycles. The Morgan fingerprint density at radius 1 is 1.35 bits per heavy atom. The molecule has 23 heavy (non-hydrogen) atoms. The number of anilines is 1. The first-order valence-corrected chi connectivity index (χ1v) is 8.74. The van der Waals surface area contributed by atoms with Gasteiger partial charge in [0.25, 0.3) is 0 Å². The molecule has 1 aliphatic carbocycles. The van der Waals surface area contributed by atoms with E-state index in [9.17, 15) is 5.11 Å². The molecule has 6 nitrogen and oxygen atoms in total. The van der Waals surface area contributed by atoms with Gasteiger partial charge >= 0.3 is 0 Å². The lowest BCUT2D eigenvalue weighted by molar-refractivity contribution is -0.0106. The Bertz CT molecular complexity index is 568. The van der Waals surface area contributed by atoms with Gasteiger partial charge in [-0.15, -0.1) is 5.10 Å². The molecule has 1 N–H and O–H groups in total. The van der Waals surface area contributed by atoms with Crippen molar-refractivity contribution in [2.24, 2.45) is 0 Å². The summed E-state index contributed by atoms with van der Waals surface area (Å²) >= 11 is 0. The Hall–Kier alpha value is -1.24. The molecule has 4 rings (SSSR count). The Morgan fingerprint density at radius 2 is 2.17 bits per heavy atom. The van der Waals surface area contributed by atoms with E-state index in [-0.39, 0.29) is 0 Å². The lowest BCUT2D eigenvalue weighted by atomic mass is 9.96. The Kier molecular flexibility index (Phi) is 3.99. The molecule has 2 fully saturated rings. The van der Waals surface area contributed by atoms with Crippen LogP contribution >= 0.6 is 0 Å². The minimum absolute atomic E-state index is 0.462. The standard InChI is InChI=1S/C17H26N4O2/c1-20(11-17(22)6-7-23-12-17)14-9-21(10-14)16-8-13-4-2-3-5-15(13)18-19-16/h8,14,22H,2-7,9-12H2,1H3. The molecule has 2 aliphatic heterocycles. The quantitative estimate of drug-likeness (QED) is 0.878. The zero-order valence-corrected chi connectivity index (χ0v) is 13.9. The fourth-order valence-corrected chi connectivity index (χ4v) is 3.87. The first kappa shape index (κ1) is 15.3. The summed E-state index contributed by atoms with van der Waals surface area (Å²) in [6, 6.07) is 2.70. The van der Waals surface area contributed by atoms with E-state index in [2.05, 4.69) is 33.1 Å². The van der Waals surface area contributed by atoms with E-state index in [1.54, 1.807) is 0 Å². The highest BCUT2D eigenvalue weighted by Gasteiger charge is 2.38. The van der Waals surface area contributed by atoms with Crippen LogP contribution in [0.1, 0.15) is 30.5 Å². The highest BCUT2D eigenvalue weighted by atomic mass is 16.5. The third-order valence-corrected chi connectivity index (χ3v) is 5.49. The molecule has 0 amide bonds. The van der Waals surface area contributed by atoms with Gasteiger partial charge in [0.2, 0.25) is 0 Å². The van der Waals surface area contributed by atoms with Gasteiger partial charge in [0.05, 0.1) is 12.3 Å². The van der Waals surface area contributed by atoms with Crippen LogP contribution in [0.2, 0.25) is 0 Å². The normalized spacial score (nSPS) is 28.0. The number of rotatable bonds is 4. The van der Waals surface area contributed by atoms with Crippen LogP contribution in [0.4, 0.5) is 5.82 Å². The van der Waals surface area contributed by atoms with Crippen LogP contribution in [0.5, 0.6) is 0 Å². The van der Waals surface area contributed by atoms with Gasteiger partial charge in [0.1, 0.15) is 5.60 Å². The molecule has 0 spiro atoms. The topological polar surface area (TPSA) is 61.7 Å². The van der Waals surface area contributed by atoms with E-state index < -0.39 is 5.60 Å². The number of aliphatic hydroxyl groups is 1. The van der Waals surface area contributed by atoms with Crippen molar-refractivity contribution in [2.75, 3.05) is 44.8 Å². The van der Waals surface area contributed by atoms with Crippen LogP contribution in [-0.4, -0.2) is 71.7 Å². The van der Waals surface area contributed by atoms with Crippen molar-refractivity contribution in [1.82, 2.24) is 15.1 Å². The summed E-state index contributed by atoms with van der Waals surface area (Å²) in [4.78, 5) is 4.55. The second-order valence-electron chi connectivity index (χ2n) is 7.38. The van der Waals surface area contributed by atoms with Crippen molar-refractivity contribution in [3.05, 3.63) is 17.3 Å². The average Bonchev–Trinajstić information content (AvgIpc) is 2.92. The van der Waals surface area contributed by atoms with Gasteiger partial charge in [0, 0.05) is 38.7 Å². The monoisotopic (exact) mass is 318 g/mol. The third-order valence-electron chi connectivity index (χ3n) is 5.49. The summed E-state index contributed by atoms with van der Waals surface area (Å²) in [5.41, 5.74) is 1.91. The Balaban J connectivity index is 1.34. The molecule has 1 unspecified atom stereocenters. The molecule has 3 aliphatic rings. The fourth-order valence-electron chi connectivity index (χ4n) is 3.87. The molecule has 1 aromatic rings.